The van der Waals surface area contributed by atoms with Crippen LogP contribution in [0.5, 0.6) is 0 Å². The highest BCUT2D eigenvalue weighted by atomic mass is 35.5. The van der Waals surface area contributed by atoms with Crippen LogP contribution in [0.4, 0.5) is 5.69 Å². The Labute approximate surface area is 125 Å². The zero-order valence-corrected chi connectivity index (χ0v) is 12.9. The lowest BCUT2D eigenvalue weighted by Gasteiger charge is -2.36. The Bertz CT molecular complexity index is 442. The van der Waals surface area contributed by atoms with E-state index in [-0.39, 0.29) is 18.7 Å². The first-order valence-electron chi connectivity index (χ1n) is 7.15. The molecule has 2 atom stereocenters. The van der Waals surface area contributed by atoms with Crippen LogP contribution in [0.2, 0.25) is 5.02 Å². The Morgan fingerprint density at radius 2 is 2.35 bits per heavy atom. The molecule has 1 heterocycles. The van der Waals surface area contributed by atoms with Gasteiger partial charge >= 0.3 is 0 Å². The fraction of sp³-hybridized carbons (Fsp3) is 0.600. The molecule has 0 aromatic heterocycles. The first-order chi connectivity index (χ1) is 9.67. The average molecular weight is 299 g/mol. The van der Waals surface area contributed by atoms with Crippen LogP contribution in [0.25, 0.3) is 0 Å². The Balaban J connectivity index is 2.19. The van der Waals surface area contributed by atoms with Gasteiger partial charge in [0.15, 0.2) is 0 Å². The standard InChI is InChI=1S/C15H23ClN2O2/c1-3-17-11(2)14-5-4-12(8-15(14)16)18-6-7-20-10-13(18)9-19/h4-5,8,11,13,17,19H,3,6-7,9-10H2,1-2H3. The molecule has 0 aliphatic carbocycles. The summed E-state index contributed by atoms with van der Waals surface area (Å²) >= 11 is 6.41. The maximum absolute atomic E-state index is 9.44. The molecule has 0 radical (unpaired) electrons. The van der Waals surface area contributed by atoms with Crippen LogP contribution in [-0.2, 0) is 4.74 Å². The zero-order valence-electron chi connectivity index (χ0n) is 12.1. The molecule has 112 valence electrons. The predicted octanol–water partition coefficient (Wildman–Crippen LogP) is 2.21. The number of nitrogens with zero attached hydrogens (tertiary/aromatic N) is 1. The topological polar surface area (TPSA) is 44.7 Å². The number of rotatable bonds is 5. The third kappa shape index (κ3) is 3.44. The predicted molar refractivity (Wildman–Crippen MR) is 82.6 cm³/mol. The Morgan fingerprint density at radius 1 is 1.55 bits per heavy atom. The quantitative estimate of drug-likeness (QED) is 0.875. The molecule has 0 bridgehead atoms. The smallest absolute Gasteiger partial charge is 0.0755 e. The number of ether oxygens (including phenoxy) is 1. The number of nitrogens with one attached hydrogen (secondary N) is 1. The van der Waals surface area contributed by atoms with Crippen LogP contribution in [0.1, 0.15) is 25.5 Å². The maximum atomic E-state index is 9.44. The first kappa shape index (κ1) is 15.6. The van der Waals surface area contributed by atoms with Crippen molar-refractivity contribution in [3.05, 3.63) is 28.8 Å². The van der Waals surface area contributed by atoms with Crippen molar-refractivity contribution in [3.8, 4) is 0 Å². The minimum atomic E-state index is 0.0110. The lowest BCUT2D eigenvalue weighted by molar-refractivity contribution is 0.0727. The van der Waals surface area contributed by atoms with Gasteiger partial charge in [0.25, 0.3) is 0 Å². The molecule has 4 nitrogen and oxygen atoms in total. The molecule has 0 amide bonds. The number of morpholine rings is 1. The fourth-order valence-corrected chi connectivity index (χ4v) is 2.95. The maximum Gasteiger partial charge on any atom is 0.0755 e. The number of hydrogen-bond acceptors (Lipinski definition) is 4. The van der Waals surface area contributed by atoms with Gasteiger partial charge in [0, 0.05) is 23.3 Å². The van der Waals surface area contributed by atoms with Gasteiger partial charge in [-0.3, -0.25) is 0 Å². The summed E-state index contributed by atoms with van der Waals surface area (Å²) in [6.07, 6.45) is 0. The van der Waals surface area contributed by atoms with Gasteiger partial charge < -0.3 is 20.1 Å². The van der Waals surface area contributed by atoms with E-state index in [0.717, 1.165) is 29.4 Å². The molecule has 1 aliphatic rings. The van der Waals surface area contributed by atoms with Crippen LogP contribution < -0.4 is 10.2 Å². The highest BCUT2D eigenvalue weighted by Crippen LogP contribution is 2.29. The molecular weight excluding hydrogens is 276 g/mol. The molecule has 0 spiro atoms. The van der Waals surface area contributed by atoms with E-state index in [1.165, 1.54) is 0 Å². The molecule has 1 aromatic rings. The number of aliphatic hydroxyl groups excluding tert-OH is 1. The van der Waals surface area contributed by atoms with Gasteiger partial charge in [0.1, 0.15) is 0 Å². The van der Waals surface area contributed by atoms with Crippen molar-refractivity contribution < 1.29 is 9.84 Å². The third-order valence-electron chi connectivity index (χ3n) is 3.73. The molecule has 2 unspecified atom stereocenters. The van der Waals surface area contributed by atoms with E-state index >= 15 is 0 Å². The second-order valence-electron chi connectivity index (χ2n) is 5.09. The number of benzene rings is 1. The summed E-state index contributed by atoms with van der Waals surface area (Å²) in [6, 6.07) is 6.37. The van der Waals surface area contributed by atoms with Gasteiger partial charge in [-0.05, 0) is 31.2 Å². The van der Waals surface area contributed by atoms with Crippen molar-refractivity contribution in [1.82, 2.24) is 5.32 Å². The molecule has 2 rings (SSSR count). The van der Waals surface area contributed by atoms with Crippen LogP contribution >= 0.6 is 11.6 Å². The minimum Gasteiger partial charge on any atom is -0.394 e. The van der Waals surface area contributed by atoms with Crippen molar-refractivity contribution in [2.45, 2.75) is 25.9 Å². The highest BCUT2D eigenvalue weighted by Gasteiger charge is 2.23. The number of hydrogen-bond donors (Lipinski definition) is 2. The van der Waals surface area contributed by atoms with Crippen LogP contribution in [-0.4, -0.2) is 44.1 Å². The van der Waals surface area contributed by atoms with Crippen molar-refractivity contribution in [3.63, 3.8) is 0 Å². The van der Waals surface area contributed by atoms with Crippen molar-refractivity contribution in [2.24, 2.45) is 0 Å². The molecule has 1 saturated heterocycles. The average Bonchev–Trinajstić information content (AvgIpc) is 2.47. The first-order valence-corrected chi connectivity index (χ1v) is 7.53. The highest BCUT2D eigenvalue weighted by molar-refractivity contribution is 6.31. The van der Waals surface area contributed by atoms with E-state index in [2.05, 4.69) is 36.2 Å². The molecule has 1 aromatic carbocycles. The summed E-state index contributed by atoms with van der Waals surface area (Å²) in [5.41, 5.74) is 2.15. The molecule has 20 heavy (non-hydrogen) atoms. The van der Waals surface area contributed by atoms with Crippen LogP contribution in [0, 0.1) is 0 Å². The van der Waals surface area contributed by atoms with Crippen LogP contribution in [0.15, 0.2) is 18.2 Å². The number of halogens is 1. The van der Waals surface area contributed by atoms with Gasteiger partial charge in [0.2, 0.25) is 0 Å². The largest absolute Gasteiger partial charge is 0.394 e. The van der Waals surface area contributed by atoms with E-state index in [0.29, 0.717) is 13.2 Å². The summed E-state index contributed by atoms with van der Waals surface area (Å²) in [4.78, 5) is 2.16. The zero-order chi connectivity index (χ0) is 14.5. The van der Waals surface area contributed by atoms with Crippen LogP contribution in [0.3, 0.4) is 0 Å². The van der Waals surface area contributed by atoms with Gasteiger partial charge in [-0.1, -0.05) is 24.6 Å². The molecule has 2 N–H and O–H groups in total. The normalized spacial score (nSPS) is 21.0. The lowest BCUT2D eigenvalue weighted by atomic mass is 10.1. The van der Waals surface area contributed by atoms with Gasteiger partial charge in [0.05, 0.1) is 25.9 Å². The number of aliphatic hydroxyl groups is 1. The van der Waals surface area contributed by atoms with E-state index in [1.807, 2.05) is 6.07 Å². The molecule has 5 heteroatoms. The van der Waals surface area contributed by atoms with Crippen molar-refractivity contribution in [2.75, 3.05) is 37.8 Å². The van der Waals surface area contributed by atoms with Crippen molar-refractivity contribution in [1.29, 1.82) is 0 Å². The van der Waals surface area contributed by atoms with Gasteiger partial charge in [-0.2, -0.15) is 0 Å². The second kappa shape index (κ2) is 7.27. The van der Waals surface area contributed by atoms with E-state index in [9.17, 15) is 5.11 Å². The van der Waals surface area contributed by atoms with E-state index in [1.54, 1.807) is 0 Å². The summed E-state index contributed by atoms with van der Waals surface area (Å²) in [7, 11) is 0. The minimum absolute atomic E-state index is 0.0110. The number of anilines is 1. The summed E-state index contributed by atoms with van der Waals surface area (Å²) in [6.45, 7) is 7.22. The van der Waals surface area contributed by atoms with Gasteiger partial charge in [-0.25, -0.2) is 0 Å². The monoisotopic (exact) mass is 298 g/mol. The summed E-state index contributed by atoms with van der Waals surface area (Å²) in [5, 5.41) is 13.6. The fourth-order valence-electron chi connectivity index (χ4n) is 2.61. The van der Waals surface area contributed by atoms with E-state index in [4.69, 9.17) is 16.3 Å². The SMILES string of the molecule is CCNC(C)c1ccc(N2CCOCC2CO)cc1Cl. The van der Waals surface area contributed by atoms with Crippen molar-refractivity contribution >= 4 is 17.3 Å². The van der Waals surface area contributed by atoms with Gasteiger partial charge in [-0.15, -0.1) is 0 Å². The second-order valence-corrected chi connectivity index (χ2v) is 5.50. The Kier molecular flexibility index (Phi) is 5.66. The Morgan fingerprint density at radius 3 is 3.00 bits per heavy atom. The molecule has 1 aliphatic heterocycles. The lowest BCUT2D eigenvalue weighted by Crippen LogP contribution is -2.47. The summed E-state index contributed by atoms with van der Waals surface area (Å²) in [5.74, 6) is 0. The Hall–Kier alpha value is -0.810. The molecule has 1 fully saturated rings. The third-order valence-corrected chi connectivity index (χ3v) is 4.06. The molecule has 0 saturated carbocycles. The molecular formula is C15H23ClN2O2. The van der Waals surface area contributed by atoms with E-state index < -0.39 is 0 Å². The summed E-state index contributed by atoms with van der Waals surface area (Å²) < 4.78 is 5.40.